The molecule has 0 aliphatic heterocycles. The highest BCUT2D eigenvalue weighted by molar-refractivity contribution is 5.77. The summed E-state index contributed by atoms with van der Waals surface area (Å²) in [6.45, 7) is 0.817. The molecule has 3 rings (SSSR count). The van der Waals surface area contributed by atoms with Crippen LogP contribution >= 0.6 is 0 Å². The van der Waals surface area contributed by atoms with E-state index >= 15 is 0 Å². The van der Waals surface area contributed by atoms with Crippen molar-refractivity contribution < 1.29 is 14.3 Å². The highest BCUT2D eigenvalue weighted by Gasteiger charge is 2.10. The highest BCUT2D eigenvalue weighted by Crippen LogP contribution is 2.20. The van der Waals surface area contributed by atoms with E-state index in [4.69, 9.17) is 15.2 Å². The largest absolute Gasteiger partial charge is 0.471 e. The first-order valence-corrected chi connectivity index (χ1v) is 7.58. The average molecular weight is 342 g/mol. The summed E-state index contributed by atoms with van der Waals surface area (Å²) in [7, 11) is 1.48. The number of methoxy groups -OCH3 is 1. The van der Waals surface area contributed by atoms with Crippen molar-refractivity contribution in [3.63, 3.8) is 0 Å². The molecule has 0 bridgehead atoms. The first-order valence-electron chi connectivity index (χ1n) is 7.58. The number of carbonyl (C=O) groups excluding carboxylic acids is 1. The van der Waals surface area contributed by atoms with Gasteiger partial charge in [0.05, 0.1) is 6.33 Å². The standard InChI is InChI=1S/C16H18N6O3/c1-24-8-12(23)18-6-10-2-4-11(5-3-10)7-25-15-13-14(20-9-19-13)21-16(17)22-15/h2-5,9H,6-8H2,1H3,(H,18,23)(H3,17,19,20,21,22). The van der Waals surface area contributed by atoms with Crippen LogP contribution in [0.15, 0.2) is 30.6 Å². The van der Waals surface area contributed by atoms with Crippen LogP contribution in [0.3, 0.4) is 0 Å². The molecule has 0 aliphatic carbocycles. The average Bonchev–Trinajstić information content (AvgIpc) is 3.07. The molecular weight excluding hydrogens is 324 g/mol. The molecule has 2 heterocycles. The number of fused-ring (bicyclic) bond motifs is 1. The topological polar surface area (TPSA) is 128 Å². The van der Waals surface area contributed by atoms with E-state index in [2.05, 4.69) is 25.3 Å². The van der Waals surface area contributed by atoms with E-state index in [1.807, 2.05) is 24.3 Å². The number of hydrogen-bond acceptors (Lipinski definition) is 7. The molecule has 25 heavy (non-hydrogen) atoms. The first kappa shape index (κ1) is 16.7. The molecular formula is C16H18N6O3. The number of benzene rings is 1. The number of aromatic nitrogens is 4. The Morgan fingerprint density at radius 3 is 2.76 bits per heavy atom. The number of nitrogens with zero attached hydrogens (tertiary/aromatic N) is 3. The van der Waals surface area contributed by atoms with Gasteiger partial charge in [-0.25, -0.2) is 4.98 Å². The zero-order valence-corrected chi connectivity index (χ0v) is 13.7. The normalized spacial score (nSPS) is 10.8. The summed E-state index contributed by atoms with van der Waals surface area (Å²) < 4.78 is 10.5. The third-order valence-corrected chi connectivity index (χ3v) is 3.43. The molecule has 0 fully saturated rings. The third-order valence-electron chi connectivity index (χ3n) is 3.43. The number of carbonyl (C=O) groups is 1. The van der Waals surface area contributed by atoms with Gasteiger partial charge in [0.1, 0.15) is 18.7 Å². The van der Waals surface area contributed by atoms with Crippen LogP contribution in [0, 0.1) is 0 Å². The Kier molecular flexibility index (Phi) is 5.05. The van der Waals surface area contributed by atoms with Crippen LogP contribution in [-0.2, 0) is 22.7 Å². The van der Waals surface area contributed by atoms with E-state index in [1.165, 1.54) is 13.4 Å². The van der Waals surface area contributed by atoms with Crippen molar-refractivity contribution in [1.29, 1.82) is 0 Å². The second-order valence-corrected chi connectivity index (χ2v) is 5.30. The molecule has 4 N–H and O–H groups in total. The molecule has 0 saturated heterocycles. The molecule has 9 nitrogen and oxygen atoms in total. The maximum absolute atomic E-state index is 11.4. The molecule has 0 saturated carbocycles. The Balaban J connectivity index is 1.60. The van der Waals surface area contributed by atoms with Gasteiger partial charge in [-0.2, -0.15) is 9.97 Å². The fourth-order valence-electron chi connectivity index (χ4n) is 2.21. The number of imidazole rings is 1. The third kappa shape index (κ3) is 4.21. The van der Waals surface area contributed by atoms with E-state index in [-0.39, 0.29) is 18.5 Å². The van der Waals surface area contributed by atoms with Crippen molar-refractivity contribution in [1.82, 2.24) is 25.3 Å². The fourth-order valence-corrected chi connectivity index (χ4v) is 2.21. The number of nitrogen functional groups attached to an aromatic ring is 1. The van der Waals surface area contributed by atoms with Gasteiger partial charge in [0.2, 0.25) is 17.7 Å². The van der Waals surface area contributed by atoms with E-state index in [9.17, 15) is 4.79 Å². The molecule has 1 aromatic carbocycles. The first-order chi connectivity index (χ1) is 12.2. The second kappa shape index (κ2) is 7.58. The Morgan fingerprint density at radius 2 is 2.00 bits per heavy atom. The predicted octanol–water partition coefficient (Wildman–Crippen LogP) is 0.777. The lowest BCUT2D eigenvalue weighted by Gasteiger charge is -2.08. The van der Waals surface area contributed by atoms with Gasteiger partial charge in [-0.1, -0.05) is 24.3 Å². The lowest BCUT2D eigenvalue weighted by Crippen LogP contribution is -2.26. The maximum Gasteiger partial charge on any atom is 0.246 e. The number of nitrogens with one attached hydrogen (secondary N) is 2. The highest BCUT2D eigenvalue weighted by atomic mass is 16.5. The summed E-state index contributed by atoms with van der Waals surface area (Å²) in [6.07, 6.45) is 1.51. The SMILES string of the molecule is COCC(=O)NCc1ccc(COc2nc(N)nc3nc[nH]c23)cc1. The summed E-state index contributed by atoms with van der Waals surface area (Å²) in [6, 6.07) is 7.69. The van der Waals surface area contributed by atoms with Crippen molar-refractivity contribution >= 4 is 23.0 Å². The number of amides is 1. The van der Waals surface area contributed by atoms with Crippen molar-refractivity contribution in [3.8, 4) is 5.88 Å². The maximum atomic E-state index is 11.4. The molecule has 1 amide bonds. The quantitative estimate of drug-likeness (QED) is 0.578. The monoisotopic (exact) mass is 342 g/mol. The lowest BCUT2D eigenvalue weighted by atomic mass is 10.1. The van der Waals surface area contributed by atoms with Crippen molar-refractivity contribution in [3.05, 3.63) is 41.7 Å². The Morgan fingerprint density at radius 1 is 1.24 bits per heavy atom. The van der Waals surface area contributed by atoms with Crippen LogP contribution in [0.4, 0.5) is 5.95 Å². The van der Waals surface area contributed by atoms with Crippen LogP contribution in [0.2, 0.25) is 0 Å². The van der Waals surface area contributed by atoms with Gasteiger partial charge in [-0.15, -0.1) is 0 Å². The Hall–Kier alpha value is -3.20. The van der Waals surface area contributed by atoms with Crippen molar-refractivity contribution in [2.24, 2.45) is 0 Å². The number of nitrogens with two attached hydrogens (primary N) is 1. The zero-order chi connectivity index (χ0) is 17.6. The van der Waals surface area contributed by atoms with Crippen LogP contribution in [0.25, 0.3) is 11.2 Å². The van der Waals surface area contributed by atoms with E-state index in [1.54, 1.807) is 0 Å². The van der Waals surface area contributed by atoms with Crippen LogP contribution in [0.1, 0.15) is 11.1 Å². The second-order valence-electron chi connectivity index (χ2n) is 5.30. The summed E-state index contributed by atoms with van der Waals surface area (Å²) >= 11 is 0. The number of anilines is 1. The molecule has 0 radical (unpaired) electrons. The number of rotatable bonds is 7. The predicted molar refractivity (Wildman–Crippen MR) is 90.6 cm³/mol. The van der Waals surface area contributed by atoms with Crippen molar-refractivity contribution in [2.75, 3.05) is 19.5 Å². The summed E-state index contributed by atoms with van der Waals surface area (Å²) in [5.74, 6) is 0.312. The molecule has 130 valence electrons. The molecule has 9 heteroatoms. The molecule has 0 unspecified atom stereocenters. The molecule has 3 aromatic rings. The van der Waals surface area contributed by atoms with Gasteiger partial charge in [-0.05, 0) is 11.1 Å². The van der Waals surface area contributed by atoms with Gasteiger partial charge >= 0.3 is 0 Å². The summed E-state index contributed by atoms with van der Waals surface area (Å²) in [5.41, 5.74) is 8.66. The lowest BCUT2D eigenvalue weighted by molar-refractivity contribution is -0.124. The van der Waals surface area contributed by atoms with Gasteiger partial charge in [0, 0.05) is 13.7 Å². The van der Waals surface area contributed by atoms with Gasteiger partial charge < -0.3 is 25.5 Å². The minimum absolute atomic E-state index is 0.0516. The molecule has 2 aromatic heterocycles. The Labute approximate surface area is 143 Å². The number of H-pyrrole nitrogens is 1. The van der Waals surface area contributed by atoms with Gasteiger partial charge in [0.25, 0.3) is 0 Å². The van der Waals surface area contributed by atoms with Crippen LogP contribution in [-0.4, -0.2) is 39.6 Å². The molecule has 0 atom stereocenters. The molecule has 0 aliphatic rings. The van der Waals surface area contributed by atoms with Crippen LogP contribution < -0.4 is 15.8 Å². The zero-order valence-electron chi connectivity index (χ0n) is 13.7. The minimum atomic E-state index is -0.153. The van der Waals surface area contributed by atoms with Crippen LogP contribution in [0.5, 0.6) is 5.88 Å². The fraction of sp³-hybridized carbons (Fsp3) is 0.250. The van der Waals surface area contributed by atoms with Crippen molar-refractivity contribution in [2.45, 2.75) is 13.2 Å². The summed E-state index contributed by atoms with van der Waals surface area (Å²) in [4.78, 5) is 26.4. The number of hydrogen-bond donors (Lipinski definition) is 3. The smallest absolute Gasteiger partial charge is 0.246 e. The van der Waals surface area contributed by atoms with E-state index in [0.717, 1.165) is 11.1 Å². The number of ether oxygens (including phenoxy) is 2. The Bertz CT molecular complexity index is 862. The van der Waals surface area contributed by atoms with E-state index < -0.39 is 0 Å². The van der Waals surface area contributed by atoms with Gasteiger partial charge in [-0.3, -0.25) is 4.79 Å². The summed E-state index contributed by atoms with van der Waals surface area (Å²) in [5, 5.41) is 2.76. The minimum Gasteiger partial charge on any atom is -0.471 e. The van der Waals surface area contributed by atoms with Gasteiger partial charge in [0.15, 0.2) is 5.65 Å². The molecule has 0 spiro atoms. The number of aromatic amines is 1. The van der Waals surface area contributed by atoms with E-state index in [0.29, 0.717) is 30.2 Å².